The number of pyridine rings is 1. The Kier molecular flexibility index (Phi) is 9.28. The molecule has 250 valence electrons. The van der Waals surface area contributed by atoms with Gasteiger partial charge in [0.05, 0.1) is 11.4 Å². The molecule has 1 aliphatic rings. The minimum Gasteiger partial charge on any atom is -0.355 e. The maximum absolute atomic E-state index is 5.18. The zero-order valence-corrected chi connectivity index (χ0v) is 29.4. The first kappa shape index (κ1) is 32.7. The summed E-state index contributed by atoms with van der Waals surface area (Å²) in [5, 5.41) is 6.22. The van der Waals surface area contributed by atoms with Crippen LogP contribution in [0.1, 0.15) is 25.3 Å². The van der Waals surface area contributed by atoms with Crippen molar-refractivity contribution in [1.82, 2.24) is 4.98 Å². The molecule has 6 aromatic carbocycles. The number of benzene rings is 6. The van der Waals surface area contributed by atoms with Crippen molar-refractivity contribution in [3.8, 4) is 44.8 Å². The number of aromatic nitrogens is 1. The van der Waals surface area contributed by atoms with Gasteiger partial charge in [0.1, 0.15) is 0 Å². The number of hydrogen-bond donors (Lipinski definition) is 1. The van der Waals surface area contributed by atoms with Crippen LogP contribution in [0, 0.1) is 0 Å². The van der Waals surface area contributed by atoms with Crippen LogP contribution in [0.5, 0.6) is 0 Å². The summed E-state index contributed by atoms with van der Waals surface area (Å²) in [7, 11) is 0. The Morgan fingerprint density at radius 1 is 0.615 bits per heavy atom. The molecule has 0 spiro atoms. The average molecular weight is 669 g/mol. The fourth-order valence-electron chi connectivity index (χ4n) is 7.19. The predicted octanol–water partition coefficient (Wildman–Crippen LogP) is 13.9. The molecular weight excluding hydrogens is 629 g/mol. The van der Waals surface area contributed by atoms with Crippen LogP contribution in [0.3, 0.4) is 0 Å². The van der Waals surface area contributed by atoms with E-state index in [-0.39, 0.29) is 0 Å². The van der Waals surface area contributed by atoms with Crippen molar-refractivity contribution in [3.05, 3.63) is 205 Å². The van der Waals surface area contributed by atoms with E-state index >= 15 is 0 Å². The van der Waals surface area contributed by atoms with Gasteiger partial charge in [0, 0.05) is 28.1 Å². The van der Waals surface area contributed by atoms with E-state index in [4.69, 9.17) is 11.6 Å². The molecule has 52 heavy (non-hydrogen) atoms. The molecule has 2 heteroatoms. The molecule has 0 aliphatic heterocycles. The third kappa shape index (κ3) is 6.80. The largest absolute Gasteiger partial charge is 0.355 e. The van der Waals surface area contributed by atoms with Gasteiger partial charge in [-0.15, -0.1) is 0 Å². The highest BCUT2D eigenvalue weighted by Gasteiger charge is 2.18. The van der Waals surface area contributed by atoms with E-state index in [2.05, 4.69) is 182 Å². The highest BCUT2D eigenvalue weighted by molar-refractivity contribution is 6.03. The Balaban J connectivity index is 1.19. The van der Waals surface area contributed by atoms with E-state index in [1.807, 2.05) is 12.1 Å². The van der Waals surface area contributed by atoms with Crippen LogP contribution in [0.2, 0.25) is 0 Å². The average Bonchev–Trinajstić information content (AvgIpc) is 3.21. The summed E-state index contributed by atoms with van der Waals surface area (Å²) >= 11 is 0. The van der Waals surface area contributed by atoms with Crippen LogP contribution in [0.4, 0.5) is 11.4 Å². The first-order chi connectivity index (χ1) is 25.6. The quantitative estimate of drug-likeness (QED) is 0.166. The van der Waals surface area contributed by atoms with Gasteiger partial charge in [0.15, 0.2) is 0 Å². The molecule has 0 atom stereocenters. The lowest BCUT2D eigenvalue weighted by molar-refractivity contribution is 0.985. The molecule has 0 amide bonds. The molecule has 7 aromatic rings. The molecule has 0 radical (unpaired) electrons. The summed E-state index contributed by atoms with van der Waals surface area (Å²) in [5.41, 5.74) is 15.5. The van der Waals surface area contributed by atoms with E-state index < -0.39 is 0 Å². The van der Waals surface area contributed by atoms with E-state index in [9.17, 15) is 0 Å². The van der Waals surface area contributed by atoms with Crippen molar-refractivity contribution in [2.24, 2.45) is 0 Å². The smallest absolute Gasteiger partial charge is 0.0715 e. The number of allylic oxidation sites excluding steroid dienone is 7. The minimum atomic E-state index is 0.939. The van der Waals surface area contributed by atoms with Gasteiger partial charge in [-0.05, 0) is 99.8 Å². The van der Waals surface area contributed by atoms with Gasteiger partial charge >= 0.3 is 0 Å². The maximum atomic E-state index is 5.18. The Hall–Kier alpha value is -6.51. The number of hydrogen-bond acceptors (Lipinski definition) is 2. The monoisotopic (exact) mass is 668 g/mol. The maximum Gasteiger partial charge on any atom is 0.0715 e. The van der Waals surface area contributed by atoms with E-state index in [0.29, 0.717) is 0 Å². The number of fused-ring (bicyclic) bond motifs is 1. The highest BCUT2D eigenvalue weighted by Crippen LogP contribution is 2.41. The molecule has 0 fully saturated rings. The molecule has 1 aliphatic carbocycles. The standard InChI is InChI=1S/C50H40N2/c1-3-15-38-18-10-12-24-45(38)35(2)50-46-25-13-11-19-39(46)30-31-47(50)51-44-23-14-22-42(32-44)43-33-48(40-20-8-5-9-21-40)52-49(34-43)41-28-26-37(27-29-41)36-16-6-4-7-17-36/h3-11,13-23,25-34,51H,2,12,24H2,1H3/b15-3-. The summed E-state index contributed by atoms with van der Waals surface area (Å²) < 4.78 is 0. The molecule has 1 aromatic heterocycles. The van der Waals surface area contributed by atoms with Crippen LogP contribution in [-0.4, -0.2) is 4.98 Å². The van der Waals surface area contributed by atoms with E-state index in [1.54, 1.807) is 0 Å². The van der Waals surface area contributed by atoms with Crippen LogP contribution in [0.15, 0.2) is 200 Å². The van der Waals surface area contributed by atoms with E-state index in [1.165, 1.54) is 33.0 Å². The summed E-state index contributed by atoms with van der Waals surface area (Å²) in [6.45, 7) is 6.80. The van der Waals surface area contributed by atoms with Gasteiger partial charge in [-0.3, -0.25) is 0 Å². The molecule has 8 rings (SSSR count). The van der Waals surface area contributed by atoms with E-state index in [0.717, 1.165) is 69.0 Å². The minimum absolute atomic E-state index is 0.939. The molecule has 0 saturated carbocycles. The summed E-state index contributed by atoms with van der Waals surface area (Å²) in [4.78, 5) is 5.18. The van der Waals surface area contributed by atoms with Crippen molar-refractivity contribution in [1.29, 1.82) is 0 Å². The first-order valence-electron chi connectivity index (χ1n) is 18.0. The Labute approximate surface area is 306 Å². The fraction of sp³-hybridized carbons (Fsp3) is 0.0600. The lowest BCUT2D eigenvalue weighted by Gasteiger charge is -2.22. The molecule has 0 bridgehead atoms. The first-order valence-corrected chi connectivity index (χ1v) is 18.0. The topological polar surface area (TPSA) is 24.9 Å². The van der Waals surface area contributed by atoms with Gasteiger partial charge in [-0.1, -0.05) is 158 Å². The molecule has 1 heterocycles. The predicted molar refractivity (Wildman–Crippen MR) is 222 cm³/mol. The summed E-state index contributed by atoms with van der Waals surface area (Å²) in [6, 6.07) is 55.7. The van der Waals surface area contributed by atoms with Crippen LogP contribution in [-0.2, 0) is 0 Å². The van der Waals surface area contributed by atoms with Gasteiger partial charge in [-0.25, -0.2) is 4.98 Å². The van der Waals surface area contributed by atoms with Crippen molar-refractivity contribution in [3.63, 3.8) is 0 Å². The van der Waals surface area contributed by atoms with Crippen LogP contribution < -0.4 is 5.32 Å². The molecule has 0 saturated heterocycles. The zero-order valence-electron chi connectivity index (χ0n) is 29.4. The van der Waals surface area contributed by atoms with Crippen LogP contribution in [0.25, 0.3) is 61.1 Å². The Morgan fingerprint density at radius 2 is 1.25 bits per heavy atom. The number of rotatable bonds is 9. The normalized spacial score (nSPS) is 12.8. The zero-order chi connectivity index (χ0) is 35.3. The van der Waals surface area contributed by atoms with Gasteiger partial charge in [0.25, 0.3) is 0 Å². The number of nitrogens with one attached hydrogen (secondary N) is 1. The lowest BCUT2D eigenvalue weighted by atomic mass is 9.85. The van der Waals surface area contributed by atoms with Crippen molar-refractivity contribution in [2.75, 3.05) is 5.32 Å². The summed E-state index contributed by atoms with van der Waals surface area (Å²) in [6.07, 6.45) is 10.8. The molecule has 1 N–H and O–H groups in total. The number of anilines is 2. The van der Waals surface area contributed by atoms with Gasteiger partial charge in [0.2, 0.25) is 0 Å². The fourth-order valence-corrected chi connectivity index (χ4v) is 7.19. The lowest BCUT2D eigenvalue weighted by Crippen LogP contribution is -2.02. The number of nitrogens with zero attached hydrogens (tertiary/aromatic N) is 1. The summed E-state index contributed by atoms with van der Waals surface area (Å²) in [5.74, 6) is 0. The SMILES string of the molecule is C=C(C1=C(/C=C\C)C=CCC1)c1c(Nc2cccc(-c3cc(-c4ccccc4)nc(-c4ccc(-c5ccccc5)cc4)c3)c2)ccc2ccccc12. The molecule has 2 nitrogen and oxygen atoms in total. The van der Waals surface area contributed by atoms with Gasteiger partial charge in [-0.2, -0.15) is 0 Å². The van der Waals surface area contributed by atoms with Crippen LogP contribution >= 0.6 is 0 Å². The Morgan fingerprint density at radius 3 is 2.00 bits per heavy atom. The van der Waals surface area contributed by atoms with Gasteiger partial charge < -0.3 is 5.32 Å². The Bertz CT molecular complexity index is 2480. The highest BCUT2D eigenvalue weighted by atomic mass is 14.9. The second-order valence-corrected chi connectivity index (χ2v) is 13.2. The van der Waals surface area contributed by atoms with Crippen molar-refractivity contribution < 1.29 is 0 Å². The van der Waals surface area contributed by atoms with Crippen molar-refractivity contribution >= 4 is 27.7 Å². The second kappa shape index (κ2) is 14.8. The third-order valence-electron chi connectivity index (χ3n) is 9.81. The molecular formula is C50H40N2. The third-order valence-corrected chi connectivity index (χ3v) is 9.81. The molecule has 0 unspecified atom stereocenters. The second-order valence-electron chi connectivity index (χ2n) is 13.2. The van der Waals surface area contributed by atoms with Crippen molar-refractivity contribution in [2.45, 2.75) is 19.8 Å².